The van der Waals surface area contributed by atoms with Crippen LogP contribution < -0.4 is 20.8 Å². The maximum atomic E-state index is 13.1. The molecule has 0 aliphatic heterocycles. The molecule has 3 N–H and O–H groups in total. The maximum absolute atomic E-state index is 13.1. The number of nitriles is 1. The highest BCUT2D eigenvalue weighted by atomic mass is 32.2. The van der Waals surface area contributed by atoms with Crippen LogP contribution in [0.3, 0.4) is 0 Å². The predicted molar refractivity (Wildman–Crippen MR) is 125 cm³/mol. The molecule has 1 amide bonds. The molecule has 0 spiro atoms. The van der Waals surface area contributed by atoms with Crippen LogP contribution in [-0.4, -0.2) is 35.2 Å². The highest BCUT2D eigenvalue weighted by Crippen LogP contribution is 2.42. The Labute approximate surface area is 196 Å². The predicted octanol–water partition coefficient (Wildman–Crippen LogP) is 1.42. The molecular formula is C23H23N5O5S. The summed E-state index contributed by atoms with van der Waals surface area (Å²) in [7, 11) is -3.78. The average molecular weight is 482 g/mol. The highest BCUT2D eigenvalue weighted by Gasteiger charge is 2.54. The summed E-state index contributed by atoms with van der Waals surface area (Å²) in [4.78, 5) is 30.2. The van der Waals surface area contributed by atoms with Crippen molar-refractivity contribution in [2.45, 2.75) is 37.6 Å². The van der Waals surface area contributed by atoms with Gasteiger partial charge in [-0.15, -0.1) is 0 Å². The van der Waals surface area contributed by atoms with Crippen LogP contribution in [0.25, 0.3) is 10.9 Å². The molecule has 0 saturated heterocycles. The number of hydrogen-bond acceptors (Lipinski definition) is 7. The zero-order valence-electron chi connectivity index (χ0n) is 18.4. The molecule has 1 aliphatic rings. The van der Waals surface area contributed by atoms with Crippen molar-refractivity contribution in [1.82, 2.24) is 14.9 Å². The maximum Gasteiger partial charge on any atom is 0.264 e. The van der Waals surface area contributed by atoms with E-state index in [4.69, 9.17) is 15.1 Å². The molecule has 1 saturated carbocycles. The quantitative estimate of drug-likeness (QED) is 0.492. The summed E-state index contributed by atoms with van der Waals surface area (Å²) in [5.41, 5.74) is 1.12. The van der Waals surface area contributed by atoms with E-state index in [0.29, 0.717) is 29.3 Å². The number of nitrogens with one attached hydrogen (secondary N) is 1. The Hall–Kier alpha value is -3.75. The van der Waals surface area contributed by atoms with Crippen molar-refractivity contribution < 1.29 is 17.9 Å². The second-order valence-electron chi connectivity index (χ2n) is 8.17. The fraction of sp³-hybridized carbons (Fsp3) is 0.304. The molecule has 3 aromatic rings. The number of hydrogen-bond donors (Lipinski definition) is 2. The van der Waals surface area contributed by atoms with E-state index in [1.54, 1.807) is 37.3 Å². The number of carbonyl (C=O) groups excluding carboxylic acids is 1. The van der Waals surface area contributed by atoms with Gasteiger partial charge in [0.25, 0.3) is 11.5 Å². The van der Waals surface area contributed by atoms with Gasteiger partial charge in [-0.2, -0.15) is 5.26 Å². The third kappa shape index (κ3) is 4.37. The Morgan fingerprint density at radius 3 is 2.59 bits per heavy atom. The summed E-state index contributed by atoms with van der Waals surface area (Å²) < 4.78 is 29.7. The van der Waals surface area contributed by atoms with Gasteiger partial charge in [0.2, 0.25) is 15.9 Å². The van der Waals surface area contributed by atoms with Crippen molar-refractivity contribution in [1.29, 1.82) is 5.26 Å². The molecule has 34 heavy (non-hydrogen) atoms. The normalized spacial score (nSPS) is 14.4. The SMILES string of the molecule is CCn1c(=O)c(C(=O)NCc2ccc(C#N)cc2)cc2ccnc(OCC3(S(N)(=O)=O)CC3)c21. The van der Waals surface area contributed by atoms with Crippen molar-refractivity contribution in [2.75, 3.05) is 6.61 Å². The number of pyridine rings is 2. The van der Waals surface area contributed by atoms with Gasteiger partial charge in [0, 0.05) is 24.7 Å². The summed E-state index contributed by atoms with van der Waals surface area (Å²) in [6, 6.07) is 11.9. The fourth-order valence-electron chi connectivity index (χ4n) is 3.70. The van der Waals surface area contributed by atoms with E-state index in [9.17, 15) is 18.0 Å². The molecule has 176 valence electrons. The van der Waals surface area contributed by atoms with Gasteiger partial charge < -0.3 is 14.6 Å². The molecule has 0 atom stereocenters. The van der Waals surface area contributed by atoms with Gasteiger partial charge in [0.15, 0.2) is 0 Å². The number of amides is 1. The van der Waals surface area contributed by atoms with Crippen LogP contribution in [0, 0.1) is 11.3 Å². The zero-order chi connectivity index (χ0) is 24.5. The minimum absolute atomic E-state index is 0.0386. The number of carbonyl (C=O) groups is 1. The van der Waals surface area contributed by atoms with Crippen molar-refractivity contribution >= 4 is 26.8 Å². The lowest BCUT2D eigenvalue weighted by Gasteiger charge is -2.17. The van der Waals surface area contributed by atoms with Gasteiger partial charge in [-0.05, 0) is 49.6 Å². The largest absolute Gasteiger partial charge is 0.474 e. The molecule has 10 nitrogen and oxygen atoms in total. The molecule has 4 rings (SSSR count). The number of rotatable bonds is 8. The monoisotopic (exact) mass is 481 g/mol. The van der Waals surface area contributed by atoms with Crippen molar-refractivity contribution in [3.05, 3.63) is 69.6 Å². The third-order valence-electron chi connectivity index (χ3n) is 5.95. The van der Waals surface area contributed by atoms with E-state index in [0.717, 1.165) is 5.56 Å². The number of aromatic nitrogens is 2. The Bertz CT molecular complexity index is 1470. The number of nitrogens with zero attached hydrogens (tertiary/aromatic N) is 3. The summed E-state index contributed by atoms with van der Waals surface area (Å²) in [5.74, 6) is -0.431. The second kappa shape index (κ2) is 8.89. The van der Waals surface area contributed by atoms with Crippen molar-refractivity contribution in [3.63, 3.8) is 0 Å². The molecule has 0 unspecified atom stereocenters. The van der Waals surface area contributed by atoms with Gasteiger partial charge in [-0.3, -0.25) is 9.59 Å². The number of benzene rings is 1. The molecule has 2 aromatic heterocycles. The molecule has 1 aliphatic carbocycles. The molecule has 1 fully saturated rings. The van der Waals surface area contributed by atoms with E-state index in [2.05, 4.69) is 10.3 Å². The first-order valence-electron chi connectivity index (χ1n) is 10.6. The number of primary sulfonamides is 1. The van der Waals surface area contributed by atoms with Crippen LogP contribution in [0.1, 0.15) is 41.3 Å². The lowest BCUT2D eigenvalue weighted by molar-refractivity contribution is 0.0949. The van der Waals surface area contributed by atoms with Gasteiger partial charge in [-0.1, -0.05) is 12.1 Å². The van der Waals surface area contributed by atoms with Crippen LogP contribution in [-0.2, 0) is 23.1 Å². The fourth-order valence-corrected chi connectivity index (χ4v) is 4.59. The molecule has 2 heterocycles. The number of fused-ring (bicyclic) bond motifs is 1. The molecule has 0 radical (unpaired) electrons. The summed E-state index contributed by atoms with van der Waals surface area (Å²) in [6.45, 7) is 2.02. The minimum Gasteiger partial charge on any atom is -0.474 e. The number of sulfonamides is 1. The lowest BCUT2D eigenvalue weighted by Crippen LogP contribution is -2.36. The molecule has 1 aromatic carbocycles. The van der Waals surface area contributed by atoms with Crippen molar-refractivity contribution in [3.8, 4) is 11.9 Å². The van der Waals surface area contributed by atoms with Crippen LogP contribution in [0.5, 0.6) is 5.88 Å². The second-order valence-corrected chi connectivity index (χ2v) is 10.1. The summed E-state index contributed by atoms with van der Waals surface area (Å²) >= 11 is 0. The van der Waals surface area contributed by atoms with Gasteiger partial charge in [0.1, 0.15) is 22.4 Å². The van der Waals surface area contributed by atoms with Crippen LogP contribution >= 0.6 is 0 Å². The van der Waals surface area contributed by atoms with Crippen LogP contribution in [0.4, 0.5) is 0 Å². The Morgan fingerprint density at radius 2 is 2.00 bits per heavy atom. The molecule has 0 bridgehead atoms. The summed E-state index contributed by atoms with van der Waals surface area (Å²) in [5, 5.41) is 17.5. The van der Waals surface area contributed by atoms with Crippen molar-refractivity contribution in [2.24, 2.45) is 5.14 Å². The Morgan fingerprint density at radius 1 is 1.29 bits per heavy atom. The third-order valence-corrected chi connectivity index (χ3v) is 7.68. The Kier molecular flexibility index (Phi) is 6.12. The molecule has 11 heteroatoms. The van der Waals surface area contributed by atoms with E-state index in [1.807, 2.05) is 6.07 Å². The lowest BCUT2D eigenvalue weighted by atomic mass is 10.1. The number of nitrogens with two attached hydrogens (primary N) is 1. The van der Waals surface area contributed by atoms with E-state index < -0.39 is 26.2 Å². The zero-order valence-corrected chi connectivity index (χ0v) is 19.3. The summed E-state index contributed by atoms with van der Waals surface area (Å²) in [6.07, 6.45) is 2.28. The standard InChI is InChI=1S/C23H23N5O5S/c1-2-28-19-17(7-10-26-21(19)33-14-23(8-9-23)34(25,31)32)11-18(22(28)30)20(29)27-13-16-5-3-15(12-24)4-6-16/h3-7,10-11H,2,8-9,13-14H2,1H3,(H,27,29)(H2,25,31,32). The first-order valence-corrected chi connectivity index (χ1v) is 12.2. The smallest absolute Gasteiger partial charge is 0.264 e. The van der Waals surface area contributed by atoms with Gasteiger partial charge in [0.05, 0.1) is 11.6 Å². The Balaban J connectivity index is 1.62. The molecular weight excluding hydrogens is 458 g/mol. The minimum atomic E-state index is -3.78. The van der Waals surface area contributed by atoms with E-state index in [-0.39, 0.29) is 31.1 Å². The number of aryl methyl sites for hydroxylation is 1. The first-order chi connectivity index (χ1) is 16.2. The average Bonchev–Trinajstić information content (AvgIpc) is 3.63. The van der Waals surface area contributed by atoms with Crippen LogP contribution in [0.2, 0.25) is 0 Å². The first kappa shape index (κ1) is 23.4. The van der Waals surface area contributed by atoms with Crippen LogP contribution in [0.15, 0.2) is 47.4 Å². The highest BCUT2D eigenvalue weighted by molar-refractivity contribution is 7.90. The van der Waals surface area contributed by atoms with E-state index >= 15 is 0 Å². The topological polar surface area (TPSA) is 157 Å². The number of ether oxygens (including phenoxy) is 1. The van der Waals surface area contributed by atoms with Gasteiger partial charge >= 0.3 is 0 Å². The van der Waals surface area contributed by atoms with Gasteiger partial charge in [-0.25, -0.2) is 18.5 Å². The van der Waals surface area contributed by atoms with E-state index in [1.165, 1.54) is 16.8 Å².